The summed E-state index contributed by atoms with van der Waals surface area (Å²) in [6.45, 7) is 0.890. The summed E-state index contributed by atoms with van der Waals surface area (Å²) in [5, 5.41) is 3.12. The minimum Gasteiger partial charge on any atom is -0.446 e. The fraction of sp³-hybridized carbons (Fsp3) is 0.286. The first kappa shape index (κ1) is 15.6. The molecule has 2 rings (SSSR count). The van der Waals surface area contributed by atoms with E-state index < -0.39 is 10.0 Å². The van der Waals surface area contributed by atoms with E-state index in [0.29, 0.717) is 18.9 Å². The number of anilines is 1. The molecule has 1 aromatic carbocycles. The molecule has 0 unspecified atom stereocenters. The Balaban J connectivity index is 2.07. The van der Waals surface area contributed by atoms with Crippen molar-refractivity contribution in [1.82, 2.24) is 4.72 Å². The molecule has 2 N–H and O–H groups in total. The molecule has 0 saturated heterocycles. The molecule has 2 aromatic rings. The fourth-order valence-electron chi connectivity index (χ4n) is 1.85. The van der Waals surface area contributed by atoms with Crippen LogP contribution in [0.2, 0.25) is 0 Å². The van der Waals surface area contributed by atoms with Gasteiger partial charge in [0.25, 0.3) is 10.0 Å². The summed E-state index contributed by atoms with van der Waals surface area (Å²) in [7, 11) is -0.560. The highest BCUT2D eigenvalue weighted by molar-refractivity contribution is 7.89. The van der Waals surface area contributed by atoms with Crippen LogP contribution >= 0.6 is 0 Å². The number of furan rings is 1. The number of para-hydroxylation sites is 1. The second-order valence-corrected chi connectivity index (χ2v) is 6.19. The van der Waals surface area contributed by atoms with Crippen molar-refractivity contribution in [1.29, 1.82) is 0 Å². The number of sulfonamides is 1. The van der Waals surface area contributed by atoms with Gasteiger partial charge in [-0.25, -0.2) is 13.1 Å². The van der Waals surface area contributed by atoms with Crippen molar-refractivity contribution in [2.45, 2.75) is 18.2 Å². The molecule has 0 aliphatic carbocycles. The van der Waals surface area contributed by atoms with Crippen LogP contribution < -0.4 is 10.0 Å². The Labute approximate surface area is 124 Å². The predicted molar refractivity (Wildman–Crippen MR) is 79.4 cm³/mol. The summed E-state index contributed by atoms with van der Waals surface area (Å²) in [6.07, 6.45) is 0. The number of ether oxygens (including phenoxy) is 1. The van der Waals surface area contributed by atoms with E-state index in [0.717, 1.165) is 11.3 Å². The first-order chi connectivity index (χ1) is 10.1. The normalized spacial score (nSPS) is 11.5. The first-order valence-electron chi connectivity index (χ1n) is 6.40. The van der Waals surface area contributed by atoms with Crippen LogP contribution in [0.5, 0.6) is 0 Å². The predicted octanol–water partition coefficient (Wildman–Crippen LogP) is 1.95. The van der Waals surface area contributed by atoms with Crippen molar-refractivity contribution in [2.75, 3.05) is 19.5 Å². The number of methoxy groups -OCH3 is 1. The molecular formula is C14H18N2O4S. The number of nitrogens with one attached hydrogen (secondary N) is 2. The number of benzene rings is 1. The molecular weight excluding hydrogens is 292 g/mol. The molecule has 1 heterocycles. The lowest BCUT2D eigenvalue weighted by molar-refractivity contribution is 0.185. The molecule has 114 valence electrons. The Bertz CT molecular complexity index is 695. The molecule has 0 atom stereocenters. The monoisotopic (exact) mass is 310 g/mol. The van der Waals surface area contributed by atoms with Gasteiger partial charge in [-0.15, -0.1) is 0 Å². The topological polar surface area (TPSA) is 80.6 Å². The lowest BCUT2D eigenvalue weighted by Crippen LogP contribution is -2.17. The van der Waals surface area contributed by atoms with Crippen molar-refractivity contribution in [2.24, 2.45) is 0 Å². The van der Waals surface area contributed by atoms with Crippen LogP contribution in [0.3, 0.4) is 0 Å². The quantitative estimate of drug-likeness (QED) is 0.817. The largest absolute Gasteiger partial charge is 0.446 e. The molecule has 0 spiro atoms. The molecule has 6 nitrogen and oxygen atoms in total. The third-order valence-corrected chi connectivity index (χ3v) is 4.23. The molecule has 0 aliphatic heterocycles. The average molecular weight is 310 g/mol. The van der Waals surface area contributed by atoms with Crippen LogP contribution in [-0.4, -0.2) is 22.6 Å². The first-order valence-corrected chi connectivity index (χ1v) is 7.88. The van der Waals surface area contributed by atoms with Gasteiger partial charge >= 0.3 is 0 Å². The second kappa shape index (κ2) is 6.75. The van der Waals surface area contributed by atoms with E-state index in [4.69, 9.17) is 9.15 Å². The summed E-state index contributed by atoms with van der Waals surface area (Å²) in [4.78, 5) is 0. The van der Waals surface area contributed by atoms with Crippen LogP contribution in [0.1, 0.15) is 11.3 Å². The van der Waals surface area contributed by atoms with Crippen LogP contribution in [0.25, 0.3) is 0 Å². The van der Waals surface area contributed by atoms with Gasteiger partial charge in [0.1, 0.15) is 5.76 Å². The smallest absolute Gasteiger partial charge is 0.273 e. The molecule has 1 aromatic heterocycles. The minimum atomic E-state index is -3.54. The molecule has 21 heavy (non-hydrogen) atoms. The van der Waals surface area contributed by atoms with Gasteiger partial charge in [-0.1, -0.05) is 18.2 Å². The number of hydrogen-bond acceptors (Lipinski definition) is 5. The highest BCUT2D eigenvalue weighted by Gasteiger charge is 2.16. The van der Waals surface area contributed by atoms with Crippen molar-refractivity contribution in [3.63, 3.8) is 0 Å². The van der Waals surface area contributed by atoms with Gasteiger partial charge in [0.15, 0.2) is 0 Å². The number of hydrogen-bond donors (Lipinski definition) is 2. The zero-order valence-electron chi connectivity index (χ0n) is 11.9. The van der Waals surface area contributed by atoms with Crippen LogP contribution in [0.15, 0.2) is 45.9 Å². The van der Waals surface area contributed by atoms with Crippen molar-refractivity contribution in [3.05, 3.63) is 47.7 Å². The maximum absolute atomic E-state index is 11.6. The molecule has 7 heteroatoms. The lowest BCUT2D eigenvalue weighted by Gasteiger charge is -2.10. The maximum Gasteiger partial charge on any atom is 0.273 e. The van der Waals surface area contributed by atoms with E-state index in [1.54, 1.807) is 13.2 Å². The van der Waals surface area contributed by atoms with E-state index in [1.165, 1.54) is 13.1 Å². The molecule has 0 radical (unpaired) electrons. The van der Waals surface area contributed by atoms with Gasteiger partial charge in [-0.2, -0.15) is 0 Å². The van der Waals surface area contributed by atoms with E-state index in [9.17, 15) is 8.42 Å². The third-order valence-electron chi connectivity index (χ3n) is 2.94. The summed E-state index contributed by atoms with van der Waals surface area (Å²) in [5.41, 5.74) is 1.95. The summed E-state index contributed by atoms with van der Waals surface area (Å²) < 4.78 is 35.8. The van der Waals surface area contributed by atoms with E-state index in [-0.39, 0.29) is 5.09 Å². The van der Waals surface area contributed by atoms with Gasteiger partial charge in [0, 0.05) is 18.4 Å². The average Bonchev–Trinajstić information content (AvgIpc) is 2.96. The molecule has 0 amide bonds. The Morgan fingerprint density at radius 3 is 2.67 bits per heavy atom. The van der Waals surface area contributed by atoms with Crippen molar-refractivity contribution >= 4 is 15.7 Å². The molecule has 0 bridgehead atoms. The van der Waals surface area contributed by atoms with Crippen molar-refractivity contribution in [3.8, 4) is 0 Å². The highest BCUT2D eigenvalue weighted by Crippen LogP contribution is 2.19. The standard InChI is InChI=1S/C14H18N2O4S/c1-15-21(17,18)14-8-7-12(20-14)9-16-13-6-4-3-5-11(13)10-19-2/h3-8,15-16H,9-10H2,1-2H3. The maximum atomic E-state index is 11.6. The van der Waals surface area contributed by atoms with Crippen LogP contribution in [0.4, 0.5) is 5.69 Å². The van der Waals surface area contributed by atoms with Crippen LogP contribution in [-0.2, 0) is 27.9 Å². The summed E-state index contributed by atoms with van der Waals surface area (Å²) >= 11 is 0. The van der Waals surface area contributed by atoms with Crippen LogP contribution in [0, 0.1) is 0 Å². The van der Waals surface area contributed by atoms with E-state index in [2.05, 4.69) is 10.0 Å². The Kier molecular flexibility index (Phi) is 5.00. The zero-order valence-corrected chi connectivity index (χ0v) is 12.7. The third kappa shape index (κ3) is 3.84. The number of rotatable bonds is 7. The van der Waals surface area contributed by atoms with E-state index in [1.807, 2.05) is 24.3 Å². The van der Waals surface area contributed by atoms with Gasteiger partial charge < -0.3 is 14.5 Å². The second-order valence-electron chi connectivity index (χ2n) is 4.37. The SMILES string of the molecule is CNS(=O)(=O)c1ccc(CNc2ccccc2COC)o1. The van der Waals surface area contributed by atoms with Gasteiger partial charge in [0.05, 0.1) is 13.2 Å². The van der Waals surface area contributed by atoms with E-state index >= 15 is 0 Å². The zero-order chi connectivity index (χ0) is 15.3. The molecule has 0 saturated carbocycles. The Morgan fingerprint density at radius 2 is 1.95 bits per heavy atom. The fourth-order valence-corrected chi connectivity index (χ4v) is 2.52. The van der Waals surface area contributed by atoms with Crippen molar-refractivity contribution < 1.29 is 17.6 Å². The molecule has 0 aliphatic rings. The highest BCUT2D eigenvalue weighted by atomic mass is 32.2. The lowest BCUT2D eigenvalue weighted by atomic mass is 10.2. The summed E-state index contributed by atoms with van der Waals surface area (Å²) in [5.74, 6) is 0.538. The molecule has 0 fully saturated rings. The minimum absolute atomic E-state index is 0.0908. The Hall–Kier alpha value is -1.83. The van der Waals surface area contributed by atoms with Gasteiger partial charge in [0.2, 0.25) is 5.09 Å². The Morgan fingerprint density at radius 1 is 1.19 bits per heavy atom. The van der Waals surface area contributed by atoms with Gasteiger partial charge in [-0.05, 0) is 25.2 Å². The van der Waals surface area contributed by atoms with Gasteiger partial charge in [-0.3, -0.25) is 0 Å². The summed E-state index contributed by atoms with van der Waals surface area (Å²) in [6, 6.07) is 10.8.